The predicted octanol–water partition coefficient (Wildman–Crippen LogP) is 2.07. The van der Waals surface area contributed by atoms with Gasteiger partial charge in [0.05, 0.1) is 19.3 Å². The van der Waals surface area contributed by atoms with Crippen LogP contribution >= 0.6 is 0 Å². The monoisotopic (exact) mass is 229 g/mol. The van der Waals surface area contributed by atoms with Crippen molar-refractivity contribution in [3.05, 3.63) is 0 Å². The lowest BCUT2D eigenvalue weighted by Gasteiger charge is -2.23. The van der Waals surface area contributed by atoms with Gasteiger partial charge in [-0.05, 0) is 25.7 Å². The Labute approximate surface area is 99.4 Å². The van der Waals surface area contributed by atoms with E-state index in [1.165, 1.54) is 25.7 Å². The third-order valence-electron chi connectivity index (χ3n) is 3.63. The summed E-state index contributed by atoms with van der Waals surface area (Å²) in [4.78, 5) is 0. The third kappa shape index (κ3) is 5.28. The molecule has 0 heterocycles. The van der Waals surface area contributed by atoms with Crippen LogP contribution in [0, 0.1) is 5.92 Å². The second-order valence-electron chi connectivity index (χ2n) is 5.56. The zero-order valence-corrected chi connectivity index (χ0v) is 10.7. The number of hydrogen-bond donors (Lipinski definition) is 2. The first-order valence-corrected chi connectivity index (χ1v) is 6.58. The summed E-state index contributed by atoms with van der Waals surface area (Å²) in [5.74, 6) is 0.717. The molecule has 0 aromatic heterocycles. The van der Waals surface area contributed by atoms with E-state index in [1.54, 1.807) is 0 Å². The number of rotatable bonds is 7. The molecule has 0 aromatic rings. The molecule has 0 radical (unpaired) electrons. The van der Waals surface area contributed by atoms with Crippen molar-refractivity contribution in [2.75, 3.05) is 13.2 Å². The fraction of sp³-hybridized carbons (Fsp3) is 1.00. The van der Waals surface area contributed by atoms with Gasteiger partial charge in [-0.3, -0.25) is 0 Å². The summed E-state index contributed by atoms with van der Waals surface area (Å²) in [5, 5.41) is 9.81. The molecule has 1 fully saturated rings. The van der Waals surface area contributed by atoms with Gasteiger partial charge in [-0.15, -0.1) is 0 Å². The van der Waals surface area contributed by atoms with Gasteiger partial charge in [0.15, 0.2) is 0 Å². The standard InChI is InChI=1S/C13H27NO2/c1-3-13(2,14)10-16-9-12(15)8-11-6-4-5-7-11/h11-12,15H,3-10,14H2,1-2H3. The van der Waals surface area contributed by atoms with E-state index in [2.05, 4.69) is 6.92 Å². The summed E-state index contributed by atoms with van der Waals surface area (Å²) in [6.07, 6.45) is 6.69. The minimum absolute atomic E-state index is 0.257. The highest BCUT2D eigenvalue weighted by Crippen LogP contribution is 2.28. The van der Waals surface area contributed by atoms with Crippen LogP contribution in [0.3, 0.4) is 0 Å². The smallest absolute Gasteiger partial charge is 0.0776 e. The van der Waals surface area contributed by atoms with Crippen LogP contribution in [-0.4, -0.2) is 30.0 Å². The van der Waals surface area contributed by atoms with Crippen molar-refractivity contribution in [2.45, 2.75) is 64.0 Å². The van der Waals surface area contributed by atoms with Crippen molar-refractivity contribution in [3.63, 3.8) is 0 Å². The van der Waals surface area contributed by atoms with Gasteiger partial charge in [0.1, 0.15) is 0 Å². The summed E-state index contributed by atoms with van der Waals surface area (Å²) >= 11 is 0. The van der Waals surface area contributed by atoms with E-state index in [1.807, 2.05) is 6.92 Å². The molecule has 1 saturated carbocycles. The van der Waals surface area contributed by atoms with Gasteiger partial charge in [0.2, 0.25) is 0 Å². The van der Waals surface area contributed by atoms with Gasteiger partial charge in [0, 0.05) is 5.54 Å². The minimum atomic E-state index is -0.309. The topological polar surface area (TPSA) is 55.5 Å². The van der Waals surface area contributed by atoms with E-state index in [-0.39, 0.29) is 11.6 Å². The molecule has 3 heteroatoms. The van der Waals surface area contributed by atoms with E-state index in [0.29, 0.717) is 19.1 Å². The Bertz CT molecular complexity index is 188. The molecule has 2 unspecified atom stereocenters. The van der Waals surface area contributed by atoms with E-state index in [9.17, 15) is 5.11 Å². The maximum atomic E-state index is 9.81. The fourth-order valence-corrected chi connectivity index (χ4v) is 2.23. The normalized spacial score (nSPS) is 23.2. The fourth-order valence-electron chi connectivity index (χ4n) is 2.23. The number of nitrogens with two attached hydrogens (primary N) is 1. The number of ether oxygens (including phenoxy) is 1. The lowest BCUT2D eigenvalue weighted by molar-refractivity contribution is 0.00711. The zero-order valence-electron chi connectivity index (χ0n) is 10.7. The van der Waals surface area contributed by atoms with Gasteiger partial charge < -0.3 is 15.6 Å². The molecule has 16 heavy (non-hydrogen) atoms. The van der Waals surface area contributed by atoms with E-state index < -0.39 is 0 Å². The molecule has 1 aliphatic carbocycles. The molecular formula is C13H27NO2. The van der Waals surface area contributed by atoms with Crippen molar-refractivity contribution in [2.24, 2.45) is 11.7 Å². The number of hydrogen-bond acceptors (Lipinski definition) is 3. The van der Waals surface area contributed by atoms with E-state index in [4.69, 9.17) is 10.5 Å². The van der Waals surface area contributed by atoms with Crippen LogP contribution < -0.4 is 5.73 Å². The second-order valence-corrected chi connectivity index (χ2v) is 5.56. The SMILES string of the molecule is CCC(C)(N)COCC(O)CC1CCCC1. The van der Waals surface area contributed by atoms with Crippen LogP contribution in [-0.2, 0) is 4.74 Å². The van der Waals surface area contributed by atoms with E-state index >= 15 is 0 Å². The predicted molar refractivity (Wildman–Crippen MR) is 66.3 cm³/mol. The minimum Gasteiger partial charge on any atom is -0.391 e. The Morgan fingerprint density at radius 2 is 2.06 bits per heavy atom. The molecule has 0 aromatic carbocycles. The molecule has 0 spiro atoms. The van der Waals surface area contributed by atoms with Crippen molar-refractivity contribution in [3.8, 4) is 0 Å². The van der Waals surface area contributed by atoms with Gasteiger partial charge in [-0.2, -0.15) is 0 Å². The van der Waals surface area contributed by atoms with Crippen LogP contribution in [0.15, 0.2) is 0 Å². The lowest BCUT2D eigenvalue weighted by Crippen LogP contribution is -2.41. The van der Waals surface area contributed by atoms with Crippen molar-refractivity contribution < 1.29 is 9.84 Å². The average Bonchev–Trinajstić information content (AvgIpc) is 2.70. The van der Waals surface area contributed by atoms with Gasteiger partial charge in [-0.1, -0.05) is 32.6 Å². The molecule has 0 saturated heterocycles. The summed E-state index contributed by atoms with van der Waals surface area (Å²) in [7, 11) is 0. The molecule has 0 amide bonds. The Morgan fingerprint density at radius 3 is 2.62 bits per heavy atom. The van der Waals surface area contributed by atoms with Crippen LogP contribution in [0.5, 0.6) is 0 Å². The van der Waals surface area contributed by atoms with Gasteiger partial charge >= 0.3 is 0 Å². The maximum absolute atomic E-state index is 9.81. The van der Waals surface area contributed by atoms with Crippen molar-refractivity contribution in [1.29, 1.82) is 0 Å². The van der Waals surface area contributed by atoms with Crippen LogP contribution in [0.25, 0.3) is 0 Å². The Hall–Kier alpha value is -0.120. The molecule has 2 atom stereocenters. The second kappa shape index (κ2) is 6.58. The summed E-state index contributed by atoms with van der Waals surface area (Å²) in [5.41, 5.74) is 5.70. The summed E-state index contributed by atoms with van der Waals surface area (Å²) in [6.45, 7) is 5.00. The van der Waals surface area contributed by atoms with Gasteiger partial charge in [-0.25, -0.2) is 0 Å². The first-order chi connectivity index (χ1) is 7.53. The van der Waals surface area contributed by atoms with Crippen molar-refractivity contribution in [1.82, 2.24) is 0 Å². The highest BCUT2D eigenvalue weighted by atomic mass is 16.5. The summed E-state index contributed by atoms with van der Waals surface area (Å²) in [6, 6.07) is 0. The number of aliphatic hydroxyl groups is 1. The molecule has 3 N–H and O–H groups in total. The zero-order chi connectivity index (χ0) is 12.0. The van der Waals surface area contributed by atoms with Crippen molar-refractivity contribution >= 4 is 0 Å². The van der Waals surface area contributed by atoms with Crippen LogP contribution in [0.2, 0.25) is 0 Å². The van der Waals surface area contributed by atoms with Gasteiger partial charge in [0.25, 0.3) is 0 Å². The largest absolute Gasteiger partial charge is 0.391 e. The first kappa shape index (κ1) is 13.9. The molecule has 0 aliphatic heterocycles. The Morgan fingerprint density at radius 1 is 1.44 bits per heavy atom. The molecule has 96 valence electrons. The first-order valence-electron chi connectivity index (χ1n) is 6.58. The Balaban J connectivity index is 2.07. The molecule has 1 rings (SSSR count). The van der Waals surface area contributed by atoms with Crippen LogP contribution in [0.4, 0.5) is 0 Å². The highest BCUT2D eigenvalue weighted by Gasteiger charge is 2.20. The summed E-state index contributed by atoms with van der Waals surface area (Å²) < 4.78 is 5.49. The molecule has 0 bridgehead atoms. The number of aliphatic hydroxyl groups excluding tert-OH is 1. The van der Waals surface area contributed by atoms with Crippen LogP contribution in [0.1, 0.15) is 52.4 Å². The molecule has 1 aliphatic rings. The maximum Gasteiger partial charge on any atom is 0.0776 e. The quantitative estimate of drug-likeness (QED) is 0.702. The third-order valence-corrected chi connectivity index (χ3v) is 3.63. The lowest BCUT2D eigenvalue weighted by atomic mass is 10.0. The highest BCUT2D eigenvalue weighted by molar-refractivity contribution is 4.76. The average molecular weight is 229 g/mol. The molecule has 3 nitrogen and oxygen atoms in total. The Kier molecular flexibility index (Phi) is 5.73. The van der Waals surface area contributed by atoms with E-state index in [0.717, 1.165) is 12.8 Å². The molecular weight excluding hydrogens is 202 g/mol.